The first-order chi connectivity index (χ1) is 8.78. The number of anilines is 1. The standard InChI is InChI=1S/C13H21N3O2/c1-3-7-18-12-8-11(15-10-16-12)14-9-13(17-2)5-4-6-13/h8,10H,3-7,9H2,1-2H3,(H,14,15,16). The normalized spacial score (nSPS) is 17.0. The van der Waals surface area contributed by atoms with Crippen LogP contribution in [0.1, 0.15) is 32.6 Å². The van der Waals surface area contributed by atoms with Crippen LogP contribution >= 0.6 is 0 Å². The number of nitrogens with one attached hydrogen (secondary N) is 1. The van der Waals surface area contributed by atoms with E-state index in [1.165, 1.54) is 12.7 Å². The summed E-state index contributed by atoms with van der Waals surface area (Å²) < 4.78 is 11.0. The fourth-order valence-corrected chi connectivity index (χ4v) is 2.00. The molecule has 0 bridgehead atoms. The second kappa shape index (κ2) is 6.00. The van der Waals surface area contributed by atoms with Crippen LogP contribution in [-0.4, -0.2) is 35.8 Å². The minimum atomic E-state index is -0.00457. The van der Waals surface area contributed by atoms with E-state index < -0.39 is 0 Å². The zero-order valence-electron chi connectivity index (χ0n) is 11.1. The van der Waals surface area contributed by atoms with Gasteiger partial charge < -0.3 is 14.8 Å². The number of methoxy groups -OCH3 is 1. The summed E-state index contributed by atoms with van der Waals surface area (Å²) in [6.45, 7) is 3.53. The van der Waals surface area contributed by atoms with Crippen LogP contribution in [0.2, 0.25) is 0 Å². The Kier molecular flexibility index (Phi) is 4.36. The minimum Gasteiger partial charge on any atom is -0.478 e. The number of nitrogens with zero attached hydrogens (tertiary/aromatic N) is 2. The van der Waals surface area contributed by atoms with Gasteiger partial charge in [0.2, 0.25) is 5.88 Å². The van der Waals surface area contributed by atoms with Crippen molar-refractivity contribution in [3.8, 4) is 5.88 Å². The Morgan fingerprint density at radius 3 is 2.83 bits per heavy atom. The van der Waals surface area contributed by atoms with Crippen molar-refractivity contribution in [2.24, 2.45) is 0 Å². The van der Waals surface area contributed by atoms with Gasteiger partial charge in [0.05, 0.1) is 12.2 Å². The topological polar surface area (TPSA) is 56.3 Å². The molecule has 0 aromatic carbocycles. The van der Waals surface area contributed by atoms with Gasteiger partial charge in [0.1, 0.15) is 12.1 Å². The SMILES string of the molecule is CCCOc1cc(NCC2(OC)CCC2)ncn1. The Balaban J connectivity index is 1.88. The monoisotopic (exact) mass is 251 g/mol. The number of hydrogen-bond acceptors (Lipinski definition) is 5. The highest BCUT2D eigenvalue weighted by atomic mass is 16.5. The molecule has 0 saturated heterocycles. The molecular weight excluding hydrogens is 230 g/mol. The van der Waals surface area contributed by atoms with Crippen LogP contribution in [0.25, 0.3) is 0 Å². The highest BCUT2D eigenvalue weighted by molar-refractivity contribution is 5.37. The summed E-state index contributed by atoms with van der Waals surface area (Å²) in [5.41, 5.74) is -0.00457. The predicted octanol–water partition coefficient (Wildman–Crippen LogP) is 2.25. The van der Waals surface area contributed by atoms with Gasteiger partial charge in [-0.15, -0.1) is 0 Å². The third-order valence-corrected chi connectivity index (χ3v) is 3.39. The Bertz CT molecular complexity index is 375. The van der Waals surface area contributed by atoms with E-state index in [4.69, 9.17) is 9.47 Å². The highest BCUT2D eigenvalue weighted by Crippen LogP contribution is 2.34. The van der Waals surface area contributed by atoms with Crippen molar-refractivity contribution in [1.29, 1.82) is 0 Å². The Morgan fingerprint density at radius 1 is 1.39 bits per heavy atom. The van der Waals surface area contributed by atoms with E-state index in [2.05, 4.69) is 22.2 Å². The molecule has 5 nitrogen and oxygen atoms in total. The van der Waals surface area contributed by atoms with Crippen molar-refractivity contribution in [3.05, 3.63) is 12.4 Å². The molecule has 18 heavy (non-hydrogen) atoms. The van der Waals surface area contributed by atoms with Crippen LogP contribution < -0.4 is 10.1 Å². The van der Waals surface area contributed by atoms with Gasteiger partial charge in [-0.2, -0.15) is 0 Å². The second-order valence-corrected chi connectivity index (χ2v) is 4.68. The van der Waals surface area contributed by atoms with Crippen molar-refractivity contribution < 1.29 is 9.47 Å². The molecule has 1 aromatic rings. The highest BCUT2D eigenvalue weighted by Gasteiger charge is 2.36. The van der Waals surface area contributed by atoms with Crippen LogP contribution in [-0.2, 0) is 4.74 Å². The molecule has 1 saturated carbocycles. The molecule has 1 fully saturated rings. The largest absolute Gasteiger partial charge is 0.478 e. The van der Waals surface area contributed by atoms with E-state index in [1.54, 1.807) is 7.11 Å². The molecule has 100 valence electrons. The van der Waals surface area contributed by atoms with Crippen molar-refractivity contribution >= 4 is 5.82 Å². The molecular formula is C13H21N3O2. The average molecular weight is 251 g/mol. The van der Waals surface area contributed by atoms with Gasteiger partial charge >= 0.3 is 0 Å². The summed E-state index contributed by atoms with van der Waals surface area (Å²) >= 11 is 0. The lowest BCUT2D eigenvalue weighted by atomic mass is 9.80. The van der Waals surface area contributed by atoms with Gasteiger partial charge in [0.25, 0.3) is 0 Å². The molecule has 0 radical (unpaired) electrons. The number of rotatable bonds is 7. The van der Waals surface area contributed by atoms with Gasteiger partial charge in [-0.3, -0.25) is 0 Å². The minimum absolute atomic E-state index is 0.00457. The molecule has 2 rings (SSSR count). The maximum Gasteiger partial charge on any atom is 0.218 e. The first kappa shape index (κ1) is 13.1. The molecule has 0 spiro atoms. The molecule has 1 aromatic heterocycles. The molecule has 1 N–H and O–H groups in total. The third-order valence-electron chi connectivity index (χ3n) is 3.39. The van der Waals surface area contributed by atoms with E-state index in [9.17, 15) is 0 Å². The van der Waals surface area contributed by atoms with E-state index in [0.29, 0.717) is 12.5 Å². The van der Waals surface area contributed by atoms with E-state index in [1.807, 2.05) is 6.07 Å². The van der Waals surface area contributed by atoms with Gasteiger partial charge in [0, 0.05) is 19.7 Å². The van der Waals surface area contributed by atoms with E-state index >= 15 is 0 Å². The second-order valence-electron chi connectivity index (χ2n) is 4.68. The van der Waals surface area contributed by atoms with Gasteiger partial charge in [0.15, 0.2) is 0 Å². The van der Waals surface area contributed by atoms with Crippen molar-refractivity contribution in [3.63, 3.8) is 0 Å². The van der Waals surface area contributed by atoms with Crippen molar-refractivity contribution in [2.45, 2.75) is 38.2 Å². The van der Waals surface area contributed by atoms with Crippen LogP contribution in [0.15, 0.2) is 12.4 Å². The lowest BCUT2D eigenvalue weighted by Gasteiger charge is -2.40. The maximum atomic E-state index is 5.55. The third kappa shape index (κ3) is 3.10. The Morgan fingerprint density at radius 2 is 2.22 bits per heavy atom. The predicted molar refractivity (Wildman–Crippen MR) is 69.9 cm³/mol. The smallest absolute Gasteiger partial charge is 0.218 e. The van der Waals surface area contributed by atoms with Crippen molar-refractivity contribution in [2.75, 3.05) is 25.6 Å². The summed E-state index contributed by atoms with van der Waals surface area (Å²) in [6.07, 6.45) is 5.96. The summed E-state index contributed by atoms with van der Waals surface area (Å²) in [5, 5.41) is 3.30. The first-order valence-corrected chi connectivity index (χ1v) is 6.52. The fraction of sp³-hybridized carbons (Fsp3) is 0.692. The molecule has 1 aliphatic rings. The lowest BCUT2D eigenvalue weighted by Crippen LogP contribution is -2.45. The summed E-state index contributed by atoms with van der Waals surface area (Å²) in [6, 6.07) is 1.83. The van der Waals surface area contributed by atoms with E-state index in [-0.39, 0.29) is 5.60 Å². The zero-order chi connectivity index (χ0) is 12.8. The van der Waals surface area contributed by atoms with Crippen LogP contribution in [0.4, 0.5) is 5.82 Å². The quantitative estimate of drug-likeness (QED) is 0.805. The van der Waals surface area contributed by atoms with Gasteiger partial charge in [-0.05, 0) is 25.7 Å². The molecule has 1 aliphatic carbocycles. The Hall–Kier alpha value is -1.36. The van der Waals surface area contributed by atoms with Crippen molar-refractivity contribution in [1.82, 2.24) is 9.97 Å². The molecule has 1 heterocycles. The van der Waals surface area contributed by atoms with Crippen LogP contribution in [0.3, 0.4) is 0 Å². The summed E-state index contributed by atoms with van der Waals surface area (Å²) in [5.74, 6) is 1.41. The maximum absolute atomic E-state index is 5.55. The number of hydrogen-bond donors (Lipinski definition) is 1. The number of ether oxygens (including phenoxy) is 2. The van der Waals surface area contributed by atoms with Gasteiger partial charge in [-0.1, -0.05) is 6.92 Å². The number of aromatic nitrogens is 2. The average Bonchev–Trinajstić information content (AvgIpc) is 2.36. The molecule has 0 unspecified atom stereocenters. The first-order valence-electron chi connectivity index (χ1n) is 6.52. The zero-order valence-corrected chi connectivity index (χ0v) is 11.1. The molecule has 0 atom stereocenters. The molecule has 0 amide bonds. The van der Waals surface area contributed by atoms with Crippen LogP contribution in [0.5, 0.6) is 5.88 Å². The molecule has 0 aliphatic heterocycles. The summed E-state index contributed by atoms with van der Waals surface area (Å²) in [4.78, 5) is 8.26. The lowest BCUT2D eigenvalue weighted by molar-refractivity contribution is -0.0601. The van der Waals surface area contributed by atoms with E-state index in [0.717, 1.165) is 31.6 Å². The fourth-order valence-electron chi connectivity index (χ4n) is 2.00. The summed E-state index contributed by atoms with van der Waals surface area (Å²) in [7, 11) is 1.77. The molecule has 5 heteroatoms. The Labute approximate surface area is 108 Å². The van der Waals surface area contributed by atoms with Gasteiger partial charge in [-0.25, -0.2) is 9.97 Å². The van der Waals surface area contributed by atoms with Crippen LogP contribution in [0, 0.1) is 0 Å².